The highest BCUT2D eigenvalue weighted by Crippen LogP contribution is 2.21. The van der Waals surface area contributed by atoms with E-state index in [1.54, 1.807) is 11.3 Å². The Morgan fingerprint density at radius 2 is 2.18 bits per heavy atom. The highest BCUT2D eigenvalue weighted by molar-refractivity contribution is 9.11. The van der Waals surface area contributed by atoms with Gasteiger partial charge in [-0.15, -0.1) is 23.7 Å². The zero-order chi connectivity index (χ0) is 12.0. The third kappa shape index (κ3) is 6.77. The number of likely N-dealkylation sites (N-methyl/N-ethyl adjacent to an activating group) is 1. The van der Waals surface area contributed by atoms with E-state index in [0.29, 0.717) is 6.04 Å². The van der Waals surface area contributed by atoms with E-state index in [9.17, 15) is 0 Å². The third-order valence-electron chi connectivity index (χ3n) is 2.91. The summed E-state index contributed by atoms with van der Waals surface area (Å²) >= 11 is 5.27. The lowest BCUT2D eigenvalue weighted by molar-refractivity contribution is 0.252. The molecule has 1 aromatic heterocycles. The van der Waals surface area contributed by atoms with Gasteiger partial charge in [-0.1, -0.05) is 6.92 Å². The average molecular weight is 342 g/mol. The molecule has 1 unspecified atom stereocenters. The van der Waals surface area contributed by atoms with Crippen molar-refractivity contribution in [3.8, 4) is 0 Å². The number of thiophene rings is 1. The van der Waals surface area contributed by atoms with Gasteiger partial charge in [0.05, 0.1) is 3.79 Å². The molecule has 1 atom stereocenters. The van der Waals surface area contributed by atoms with Crippen molar-refractivity contribution < 1.29 is 0 Å². The smallest absolute Gasteiger partial charge is 0.0701 e. The summed E-state index contributed by atoms with van der Waals surface area (Å²) in [6.45, 7) is 7.65. The predicted molar refractivity (Wildman–Crippen MR) is 83.4 cm³/mol. The van der Waals surface area contributed by atoms with Crippen LogP contribution in [0.4, 0.5) is 0 Å². The van der Waals surface area contributed by atoms with Crippen LogP contribution >= 0.6 is 39.7 Å². The van der Waals surface area contributed by atoms with Gasteiger partial charge in [0.15, 0.2) is 0 Å². The minimum Gasteiger partial charge on any atom is -0.311 e. The molecular weight excluding hydrogens is 320 g/mol. The molecule has 0 radical (unpaired) electrons. The lowest BCUT2D eigenvalue weighted by Crippen LogP contribution is -2.34. The topological polar surface area (TPSA) is 15.3 Å². The second-order valence-corrected chi connectivity index (χ2v) is 6.67. The van der Waals surface area contributed by atoms with Crippen LogP contribution in [0.15, 0.2) is 15.9 Å². The fourth-order valence-corrected chi connectivity index (χ4v) is 2.90. The highest BCUT2D eigenvalue weighted by Gasteiger charge is 2.05. The normalized spacial score (nSPS) is 12.5. The molecule has 1 aromatic rings. The minimum absolute atomic E-state index is 0. The first kappa shape index (κ1) is 17.4. The number of hydrogen-bond acceptors (Lipinski definition) is 3. The van der Waals surface area contributed by atoms with Crippen LogP contribution in [0, 0.1) is 0 Å². The molecule has 0 saturated heterocycles. The molecule has 0 aliphatic carbocycles. The van der Waals surface area contributed by atoms with E-state index >= 15 is 0 Å². The second kappa shape index (κ2) is 9.34. The van der Waals surface area contributed by atoms with Gasteiger partial charge in [0, 0.05) is 30.6 Å². The van der Waals surface area contributed by atoms with Crippen LogP contribution in [0.5, 0.6) is 0 Å². The van der Waals surface area contributed by atoms with Gasteiger partial charge in [0.25, 0.3) is 0 Å². The van der Waals surface area contributed by atoms with Crippen LogP contribution in [0.1, 0.15) is 25.1 Å². The Hall–Kier alpha value is 0.390. The van der Waals surface area contributed by atoms with E-state index in [1.807, 2.05) is 0 Å². The lowest BCUT2D eigenvalue weighted by atomic mass is 10.2. The Morgan fingerprint density at radius 1 is 1.47 bits per heavy atom. The van der Waals surface area contributed by atoms with E-state index in [1.165, 1.54) is 15.1 Å². The first-order valence-corrected chi connectivity index (χ1v) is 7.39. The predicted octanol–water partition coefficient (Wildman–Crippen LogP) is 3.75. The van der Waals surface area contributed by atoms with Gasteiger partial charge in [-0.3, -0.25) is 0 Å². The van der Waals surface area contributed by atoms with Crippen LogP contribution < -0.4 is 5.32 Å². The van der Waals surface area contributed by atoms with E-state index in [0.717, 1.165) is 19.6 Å². The SMILES string of the molecule is CCC(C)N(C)CCNCc1ccc(Br)s1.Cl. The molecule has 17 heavy (non-hydrogen) atoms. The van der Waals surface area contributed by atoms with Crippen LogP contribution in [-0.4, -0.2) is 31.1 Å². The number of rotatable bonds is 7. The molecule has 1 heterocycles. The largest absolute Gasteiger partial charge is 0.311 e. The molecular formula is C12H22BrClN2S. The van der Waals surface area contributed by atoms with Gasteiger partial charge in [0.2, 0.25) is 0 Å². The van der Waals surface area contributed by atoms with Crippen LogP contribution in [0.2, 0.25) is 0 Å². The highest BCUT2D eigenvalue weighted by atomic mass is 79.9. The molecule has 0 aliphatic heterocycles. The van der Waals surface area contributed by atoms with Crippen LogP contribution in [-0.2, 0) is 6.54 Å². The minimum atomic E-state index is 0. The Morgan fingerprint density at radius 3 is 2.71 bits per heavy atom. The molecule has 0 saturated carbocycles. The van der Waals surface area contributed by atoms with Crippen LogP contribution in [0.3, 0.4) is 0 Å². The molecule has 1 N–H and O–H groups in total. The molecule has 0 fully saturated rings. The van der Waals surface area contributed by atoms with Crippen molar-refractivity contribution in [1.82, 2.24) is 10.2 Å². The van der Waals surface area contributed by atoms with Gasteiger partial charge in [-0.05, 0) is 48.5 Å². The number of nitrogens with zero attached hydrogens (tertiary/aromatic N) is 1. The third-order valence-corrected chi connectivity index (χ3v) is 4.54. The molecule has 0 aromatic carbocycles. The summed E-state index contributed by atoms with van der Waals surface area (Å²) in [5.74, 6) is 0. The van der Waals surface area contributed by atoms with E-state index in [2.05, 4.69) is 59.2 Å². The Balaban J connectivity index is 0.00000256. The van der Waals surface area contributed by atoms with Crippen molar-refractivity contribution in [3.63, 3.8) is 0 Å². The summed E-state index contributed by atoms with van der Waals surface area (Å²) in [7, 11) is 2.19. The summed E-state index contributed by atoms with van der Waals surface area (Å²) in [4.78, 5) is 3.79. The van der Waals surface area contributed by atoms with Crippen LogP contribution in [0.25, 0.3) is 0 Å². The lowest BCUT2D eigenvalue weighted by Gasteiger charge is -2.23. The van der Waals surface area contributed by atoms with Gasteiger partial charge in [-0.2, -0.15) is 0 Å². The molecule has 0 aliphatic rings. The van der Waals surface area contributed by atoms with E-state index < -0.39 is 0 Å². The zero-order valence-electron chi connectivity index (χ0n) is 10.7. The molecule has 1 rings (SSSR count). The van der Waals surface area contributed by atoms with E-state index in [-0.39, 0.29) is 12.4 Å². The van der Waals surface area contributed by atoms with E-state index in [4.69, 9.17) is 0 Å². The first-order chi connectivity index (χ1) is 7.63. The van der Waals surface area contributed by atoms with Crippen molar-refractivity contribution in [1.29, 1.82) is 0 Å². The standard InChI is InChI=1S/C12H21BrN2S.ClH/c1-4-10(2)15(3)8-7-14-9-11-5-6-12(13)16-11;/h5-6,10,14H,4,7-9H2,1-3H3;1H. The quantitative estimate of drug-likeness (QED) is 0.760. The molecule has 2 nitrogen and oxygen atoms in total. The maximum Gasteiger partial charge on any atom is 0.0701 e. The van der Waals surface area contributed by atoms with Crippen molar-refractivity contribution in [3.05, 3.63) is 20.8 Å². The zero-order valence-corrected chi connectivity index (χ0v) is 13.9. The molecule has 0 spiro atoms. The summed E-state index contributed by atoms with van der Waals surface area (Å²) in [6.07, 6.45) is 1.22. The van der Waals surface area contributed by atoms with Gasteiger partial charge in [0.1, 0.15) is 0 Å². The maximum atomic E-state index is 3.48. The van der Waals surface area contributed by atoms with Crippen molar-refractivity contribution in [2.75, 3.05) is 20.1 Å². The average Bonchev–Trinajstić information content (AvgIpc) is 2.69. The number of halogens is 2. The first-order valence-electron chi connectivity index (χ1n) is 5.78. The maximum absolute atomic E-state index is 3.48. The number of hydrogen-bond donors (Lipinski definition) is 1. The number of nitrogens with one attached hydrogen (secondary N) is 1. The second-order valence-electron chi connectivity index (χ2n) is 4.12. The fourth-order valence-electron chi connectivity index (χ4n) is 1.45. The molecule has 100 valence electrons. The van der Waals surface area contributed by atoms with Crippen molar-refractivity contribution >= 4 is 39.7 Å². The Labute approximate surface area is 123 Å². The summed E-state index contributed by atoms with van der Waals surface area (Å²) in [6, 6.07) is 4.95. The van der Waals surface area contributed by atoms with Crippen molar-refractivity contribution in [2.45, 2.75) is 32.9 Å². The Bertz CT molecular complexity index is 306. The monoisotopic (exact) mass is 340 g/mol. The summed E-state index contributed by atoms with van der Waals surface area (Å²) < 4.78 is 1.21. The molecule has 0 bridgehead atoms. The summed E-state index contributed by atoms with van der Waals surface area (Å²) in [5, 5.41) is 3.47. The fraction of sp³-hybridized carbons (Fsp3) is 0.667. The van der Waals surface area contributed by atoms with Gasteiger partial charge in [-0.25, -0.2) is 0 Å². The van der Waals surface area contributed by atoms with Gasteiger partial charge < -0.3 is 10.2 Å². The van der Waals surface area contributed by atoms with Crippen molar-refractivity contribution in [2.24, 2.45) is 0 Å². The van der Waals surface area contributed by atoms with Gasteiger partial charge >= 0.3 is 0 Å². The molecule has 0 amide bonds. The summed E-state index contributed by atoms with van der Waals surface area (Å²) in [5.41, 5.74) is 0. The molecule has 5 heteroatoms. The Kier molecular flexibility index (Phi) is 9.55.